The van der Waals surface area contributed by atoms with E-state index >= 15 is 0 Å². The zero-order valence-corrected chi connectivity index (χ0v) is 20.1. The van der Waals surface area contributed by atoms with Crippen LogP contribution >= 0.6 is 34.7 Å². The van der Waals surface area contributed by atoms with E-state index in [1.165, 1.54) is 41.0 Å². The molecule has 3 aromatic rings. The summed E-state index contributed by atoms with van der Waals surface area (Å²) in [7, 11) is 1.68. The van der Waals surface area contributed by atoms with E-state index < -0.39 is 0 Å². The number of H-pyrrole nitrogens is 1. The summed E-state index contributed by atoms with van der Waals surface area (Å²) in [6, 6.07) is 14.0. The smallest absolute Gasteiger partial charge is 0.305 e. The Labute approximate surface area is 200 Å². The Balaban J connectivity index is 1.34. The van der Waals surface area contributed by atoms with Crippen LogP contribution in [0.2, 0.25) is 5.02 Å². The molecule has 2 bridgehead atoms. The molecule has 32 heavy (non-hydrogen) atoms. The molecule has 2 saturated carbocycles. The van der Waals surface area contributed by atoms with Crippen molar-refractivity contribution in [3.8, 4) is 11.5 Å². The predicted molar refractivity (Wildman–Crippen MR) is 130 cm³/mol. The molecule has 3 aliphatic rings. The number of nitrogens with one attached hydrogen (secondary N) is 1. The highest BCUT2D eigenvalue weighted by molar-refractivity contribution is 8.00. The molecule has 0 saturated heterocycles. The molecule has 0 amide bonds. The standard InChI is InChI=1S/C25H24ClNO3S2/c1-29-19-11-15(7-8-18(19)30-12-13-3-2-4-17(26)9-13)21-20-14-5-6-16(10-14)22(20)31-24-23(21)32-25(28)27-24/h2-4,7-9,11,14,16,20-22H,5-6,10,12H2,1H3,(H,27,28)/t14-,16-,20+,21-,22-/m0/s1. The van der Waals surface area contributed by atoms with Crippen LogP contribution in [0.1, 0.15) is 41.2 Å². The molecule has 166 valence electrons. The Kier molecular flexibility index (Phi) is 5.27. The van der Waals surface area contributed by atoms with Crippen molar-refractivity contribution in [2.45, 2.75) is 42.1 Å². The van der Waals surface area contributed by atoms with E-state index in [1.807, 2.05) is 42.1 Å². The van der Waals surface area contributed by atoms with E-state index in [4.69, 9.17) is 21.1 Å². The molecule has 7 heteroatoms. The molecule has 2 aliphatic carbocycles. The van der Waals surface area contributed by atoms with E-state index in [0.29, 0.717) is 28.5 Å². The zero-order chi connectivity index (χ0) is 21.8. The third kappa shape index (κ3) is 3.47. The summed E-state index contributed by atoms with van der Waals surface area (Å²) in [6.07, 6.45) is 3.97. The number of methoxy groups -OCH3 is 1. The third-order valence-corrected chi connectivity index (χ3v) is 10.2. The topological polar surface area (TPSA) is 51.3 Å². The van der Waals surface area contributed by atoms with Gasteiger partial charge in [0.25, 0.3) is 0 Å². The van der Waals surface area contributed by atoms with Gasteiger partial charge in [-0.2, -0.15) is 0 Å². The van der Waals surface area contributed by atoms with Crippen LogP contribution in [0.15, 0.2) is 52.3 Å². The summed E-state index contributed by atoms with van der Waals surface area (Å²) in [4.78, 5) is 16.6. The molecular formula is C25H24ClNO3S2. The van der Waals surface area contributed by atoms with Crippen molar-refractivity contribution in [2.24, 2.45) is 17.8 Å². The first-order valence-corrected chi connectivity index (χ1v) is 13.1. The Morgan fingerprint density at radius 1 is 1.12 bits per heavy atom. The summed E-state index contributed by atoms with van der Waals surface area (Å²) in [6.45, 7) is 0.425. The van der Waals surface area contributed by atoms with E-state index in [1.54, 1.807) is 7.11 Å². The molecule has 4 nitrogen and oxygen atoms in total. The van der Waals surface area contributed by atoms with Crippen molar-refractivity contribution >= 4 is 34.7 Å². The Hall–Kier alpha value is -1.89. The zero-order valence-electron chi connectivity index (χ0n) is 17.7. The quantitative estimate of drug-likeness (QED) is 0.458. The van der Waals surface area contributed by atoms with Gasteiger partial charge in [-0.25, -0.2) is 0 Å². The number of thiazole rings is 1. The average Bonchev–Trinajstić information content (AvgIpc) is 3.50. The van der Waals surface area contributed by atoms with E-state index in [9.17, 15) is 4.79 Å². The second-order valence-electron chi connectivity index (χ2n) is 9.01. The van der Waals surface area contributed by atoms with Gasteiger partial charge in [0.05, 0.1) is 12.1 Å². The SMILES string of the molecule is COc1cc([C@@H]2c3sc(=O)[nH]c3S[C@H]3[C@H]4CC[C@@H](C4)[C@H]23)ccc1OCc1cccc(Cl)c1. The fourth-order valence-electron chi connectivity index (χ4n) is 6.01. The highest BCUT2D eigenvalue weighted by Gasteiger charge is 2.54. The van der Waals surface area contributed by atoms with Gasteiger partial charge in [0, 0.05) is 21.1 Å². The number of aromatic amines is 1. The molecule has 6 rings (SSSR count). The minimum atomic E-state index is 0.0493. The second-order valence-corrected chi connectivity index (χ2v) is 11.6. The van der Waals surface area contributed by atoms with Gasteiger partial charge in [0.15, 0.2) is 11.5 Å². The average molecular weight is 486 g/mol. The molecule has 1 aliphatic heterocycles. The maximum atomic E-state index is 12.2. The summed E-state index contributed by atoms with van der Waals surface area (Å²) in [5.41, 5.74) is 2.23. The summed E-state index contributed by atoms with van der Waals surface area (Å²) in [5, 5.41) is 2.38. The maximum absolute atomic E-state index is 12.2. The van der Waals surface area contributed by atoms with Gasteiger partial charge in [0.1, 0.15) is 6.61 Å². The first kappa shape index (κ1) is 20.7. The van der Waals surface area contributed by atoms with Gasteiger partial charge in [0.2, 0.25) is 0 Å². The first-order valence-electron chi connectivity index (χ1n) is 11.1. The number of thioether (sulfide) groups is 1. The summed E-state index contributed by atoms with van der Waals surface area (Å²) < 4.78 is 11.8. The Bertz CT molecular complexity index is 1220. The highest BCUT2D eigenvalue weighted by Crippen LogP contribution is 2.63. The van der Waals surface area contributed by atoms with E-state index in [0.717, 1.165) is 28.2 Å². The van der Waals surface area contributed by atoms with Crippen molar-refractivity contribution in [1.82, 2.24) is 4.98 Å². The van der Waals surface area contributed by atoms with Crippen molar-refractivity contribution in [3.05, 3.63) is 73.2 Å². The van der Waals surface area contributed by atoms with Gasteiger partial charge < -0.3 is 14.5 Å². The molecule has 2 aromatic carbocycles. The number of hydrogen-bond donors (Lipinski definition) is 1. The Morgan fingerprint density at radius 2 is 2.00 bits per heavy atom. The Morgan fingerprint density at radius 3 is 2.84 bits per heavy atom. The van der Waals surface area contributed by atoms with Crippen molar-refractivity contribution in [2.75, 3.05) is 7.11 Å². The summed E-state index contributed by atoms with van der Waals surface area (Å²) >= 11 is 9.40. The van der Waals surface area contributed by atoms with Crippen LogP contribution in [0.4, 0.5) is 0 Å². The largest absolute Gasteiger partial charge is 0.493 e. The molecule has 5 atom stereocenters. The maximum Gasteiger partial charge on any atom is 0.305 e. The van der Waals surface area contributed by atoms with Crippen LogP contribution in [0.25, 0.3) is 0 Å². The lowest BCUT2D eigenvalue weighted by molar-refractivity contribution is 0.282. The van der Waals surface area contributed by atoms with Gasteiger partial charge in [-0.15, -0.1) is 11.8 Å². The van der Waals surface area contributed by atoms with Crippen LogP contribution in [0, 0.1) is 17.8 Å². The normalized spacial score (nSPS) is 27.8. The molecule has 0 spiro atoms. The van der Waals surface area contributed by atoms with Crippen LogP contribution in [-0.4, -0.2) is 17.3 Å². The number of halogens is 1. The minimum Gasteiger partial charge on any atom is -0.493 e. The fourth-order valence-corrected chi connectivity index (χ4v) is 9.11. The van der Waals surface area contributed by atoms with E-state index in [2.05, 4.69) is 17.1 Å². The lowest BCUT2D eigenvalue weighted by atomic mass is 9.75. The highest BCUT2D eigenvalue weighted by atomic mass is 35.5. The fraction of sp³-hybridized carbons (Fsp3) is 0.400. The third-order valence-electron chi connectivity index (χ3n) is 7.30. The van der Waals surface area contributed by atoms with E-state index in [-0.39, 0.29) is 10.8 Å². The molecule has 0 unspecified atom stereocenters. The number of hydrogen-bond acceptors (Lipinski definition) is 5. The monoisotopic (exact) mass is 485 g/mol. The minimum absolute atomic E-state index is 0.0493. The number of rotatable bonds is 5. The van der Waals surface area contributed by atoms with Crippen LogP contribution in [-0.2, 0) is 6.61 Å². The molecule has 2 heterocycles. The second kappa shape index (κ2) is 8.15. The van der Waals surface area contributed by atoms with Crippen LogP contribution in [0.3, 0.4) is 0 Å². The van der Waals surface area contributed by atoms with Crippen molar-refractivity contribution in [1.29, 1.82) is 0 Å². The van der Waals surface area contributed by atoms with Crippen molar-refractivity contribution < 1.29 is 9.47 Å². The van der Waals surface area contributed by atoms with Gasteiger partial charge in [-0.05, 0) is 72.4 Å². The summed E-state index contributed by atoms with van der Waals surface area (Å²) in [5.74, 6) is 3.79. The van der Waals surface area contributed by atoms with Crippen LogP contribution < -0.4 is 14.3 Å². The molecule has 1 N–H and O–H groups in total. The van der Waals surface area contributed by atoms with Crippen molar-refractivity contribution in [3.63, 3.8) is 0 Å². The number of ether oxygens (including phenoxy) is 2. The van der Waals surface area contributed by atoms with Gasteiger partial charge >= 0.3 is 4.87 Å². The van der Waals surface area contributed by atoms with Gasteiger partial charge in [-0.1, -0.05) is 41.1 Å². The molecule has 1 aromatic heterocycles. The molecule has 2 fully saturated rings. The van der Waals surface area contributed by atoms with Crippen LogP contribution in [0.5, 0.6) is 11.5 Å². The lowest BCUT2D eigenvalue weighted by Crippen LogP contribution is -2.33. The number of aromatic nitrogens is 1. The predicted octanol–water partition coefficient (Wildman–Crippen LogP) is 6.33. The lowest BCUT2D eigenvalue weighted by Gasteiger charge is -2.40. The molecule has 0 radical (unpaired) electrons. The first-order chi connectivity index (χ1) is 15.6. The number of benzene rings is 2. The number of fused-ring (bicyclic) bond motifs is 6. The van der Waals surface area contributed by atoms with Gasteiger partial charge in [-0.3, -0.25) is 4.79 Å². The molecular weight excluding hydrogens is 462 g/mol.